The van der Waals surface area contributed by atoms with Gasteiger partial charge in [-0.3, -0.25) is 4.79 Å². The molecule has 260 valence electrons. The maximum absolute atomic E-state index is 14.4. The van der Waals surface area contributed by atoms with Crippen molar-refractivity contribution >= 4 is 5.97 Å². The summed E-state index contributed by atoms with van der Waals surface area (Å²) in [6, 6.07) is 0. The van der Waals surface area contributed by atoms with Gasteiger partial charge in [0.15, 0.2) is 0 Å². The summed E-state index contributed by atoms with van der Waals surface area (Å²) in [6.45, 7) is 12.4. The lowest BCUT2D eigenvalue weighted by molar-refractivity contribution is -0.295. The summed E-state index contributed by atoms with van der Waals surface area (Å²) in [5, 5.41) is 73.8. The lowest BCUT2D eigenvalue weighted by Crippen LogP contribution is -2.67. The predicted octanol–water partition coefficient (Wildman–Crippen LogP) is 2.36. The predicted molar refractivity (Wildman–Crippen MR) is 168 cm³/mol. The monoisotopic (exact) mass is 648 g/mol. The van der Waals surface area contributed by atoms with Crippen molar-refractivity contribution in [2.24, 2.45) is 44.8 Å². The maximum Gasteiger partial charge on any atom is 0.318 e. The van der Waals surface area contributed by atoms with Gasteiger partial charge in [-0.25, -0.2) is 0 Å². The van der Waals surface area contributed by atoms with E-state index < -0.39 is 66.3 Å². The minimum atomic E-state index is -1.67. The van der Waals surface area contributed by atoms with E-state index in [1.54, 1.807) is 0 Å². The van der Waals surface area contributed by atoms with E-state index >= 15 is 0 Å². The summed E-state index contributed by atoms with van der Waals surface area (Å²) in [4.78, 5) is 14.4. The van der Waals surface area contributed by atoms with Crippen LogP contribution >= 0.6 is 0 Å². The molecule has 3 saturated carbocycles. The van der Waals surface area contributed by atoms with Crippen molar-refractivity contribution in [2.75, 3.05) is 13.2 Å². The van der Waals surface area contributed by atoms with E-state index in [2.05, 4.69) is 40.7 Å². The second kappa shape index (κ2) is 11.3. The summed E-state index contributed by atoms with van der Waals surface area (Å²) in [5.74, 6) is -0.0274. The number of carbonyl (C=O) groups is 1. The number of allylic oxidation sites excluding steroid dienone is 3. The van der Waals surface area contributed by atoms with Crippen LogP contribution in [0.4, 0.5) is 0 Å². The van der Waals surface area contributed by atoms with Crippen molar-refractivity contribution in [1.29, 1.82) is 0 Å². The zero-order valence-electron chi connectivity index (χ0n) is 28.3. The fourth-order valence-corrected chi connectivity index (χ4v) is 11.8. The molecule has 1 aliphatic heterocycles. The van der Waals surface area contributed by atoms with Gasteiger partial charge in [0.05, 0.1) is 30.8 Å². The van der Waals surface area contributed by atoms with Gasteiger partial charge in [-0.2, -0.15) is 0 Å². The summed E-state index contributed by atoms with van der Waals surface area (Å²) in [7, 11) is 0. The maximum atomic E-state index is 14.4. The zero-order chi connectivity index (χ0) is 33.8. The number of fused-ring (bicyclic) bond motifs is 7. The molecule has 0 bridgehead atoms. The standard InChI is InChI=1S/C36H56O10/c1-18-9-12-36(31(44)46-30-28(42)27(41)26(40)22(16-37)45-30)14-13-34(5)20(25(36)19(18)2)7-8-24-32(3)15-21(39)29(43)33(4,17-38)23(32)10-11-35(24,34)6/h7,18,21-24,26-30,37-43H,8-17H2,1-6H3/t18-,21-,22-,23?,24-,26-,27+,28-,29-,30+,32+,33?,34-,35-,36+/m1/s1. The van der Waals surface area contributed by atoms with Crippen LogP contribution in [0, 0.1) is 44.8 Å². The summed E-state index contributed by atoms with van der Waals surface area (Å²) < 4.78 is 11.5. The first-order chi connectivity index (χ1) is 21.5. The lowest BCUT2D eigenvalue weighted by atomic mass is 9.34. The Balaban J connectivity index is 1.39. The molecule has 4 fully saturated rings. The molecule has 5 aliphatic carbocycles. The van der Waals surface area contributed by atoms with Crippen LogP contribution in [0.5, 0.6) is 0 Å². The first-order valence-electron chi connectivity index (χ1n) is 17.4. The molecule has 0 radical (unpaired) electrons. The Morgan fingerprint density at radius 2 is 1.63 bits per heavy atom. The molecule has 10 heteroatoms. The lowest BCUT2D eigenvalue weighted by Gasteiger charge is -2.70. The third-order valence-corrected chi connectivity index (χ3v) is 15.0. The SMILES string of the molecule is CC1=C2C3=CC[C@@H]4[C@@]5(C)C[C@@H](O)[C@@H](O)C(C)(CO)C5CC[C@@]4(C)[C@]3(C)CC[C@@]2(C(=O)O[C@@H]2O[C@H](CO)[C@@H](O)[C@H](O)[C@H]2O)CC[C@H]1C. The largest absolute Gasteiger partial charge is 0.432 e. The summed E-state index contributed by atoms with van der Waals surface area (Å²) in [5.41, 5.74) is 0.798. The van der Waals surface area contributed by atoms with E-state index in [1.807, 2.05) is 6.92 Å². The van der Waals surface area contributed by atoms with Gasteiger partial charge >= 0.3 is 5.97 Å². The molecule has 1 heterocycles. The highest BCUT2D eigenvalue weighted by atomic mass is 16.7. The highest BCUT2D eigenvalue weighted by Crippen LogP contribution is 2.75. The number of hydrogen-bond acceptors (Lipinski definition) is 10. The summed E-state index contributed by atoms with van der Waals surface area (Å²) in [6.07, 6.45) is -1.55. The minimum absolute atomic E-state index is 0.0480. The fraction of sp³-hybridized carbons (Fsp3) is 0.861. The number of aliphatic hydroxyl groups is 7. The molecule has 0 spiro atoms. The van der Waals surface area contributed by atoms with Gasteiger partial charge in [0.25, 0.3) is 0 Å². The van der Waals surface area contributed by atoms with E-state index in [9.17, 15) is 40.5 Å². The van der Waals surface area contributed by atoms with E-state index in [0.29, 0.717) is 19.3 Å². The molecule has 0 amide bonds. The Kier molecular flexibility index (Phi) is 8.50. The molecule has 2 unspecified atom stereocenters. The van der Waals surface area contributed by atoms with Crippen molar-refractivity contribution in [2.45, 2.75) is 136 Å². The van der Waals surface area contributed by atoms with Crippen LogP contribution < -0.4 is 0 Å². The number of carbonyl (C=O) groups excluding carboxylic acids is 1. The van der Waals surface area contributed by atoms with Gasteiger partial charge in [-0.15, -0.1) is 0 Å². The first-order valence-corrected chi connectivity index (χ1v) is 17.4. The second-order valence-corrected chi connectivity index (χ2v) is 16.8. The van der Waals surface area contributed by atoms with Crippen LogP contribution in [-0.4, -0.2) is 97.8 Å². The highest BCUT2D eigenvalue weighted by molar-refractivity contribution is 5.84. The molecule has 46 heavy (non-hydrogen) atoms. The molecular formula is C36H56O10. The van der Waals surface area contributed by atoms with Gasteiger partial charge in [0.2, 0.25) is 6.29 Å². The number of rotatable bonds is 4. The highest BCUT2D eigenvalue weighted by Gasteiger charge is 2.70. The zero-order valence-corrected chi connectivity index (χ0v) is 28.3. The normalized spacial score (nSPS) is 53.7. The van der Waals surface area contributed by atoms with Crippen molar-refractivity contribution in [1.82, 2.24) is 0 Å². The fourth-order valence-electron chi connectivity index (χ4n) is 11.8. The quantitative estimate of drug-likeness (QED) is 0.224. The van der Waals surface area contributed by atoms with Gasteiger partial charge in [0, 0.05) is 5.41 Å². The van der Waals surface area contributed by atoms with Crippen molar-refractivity contribution in [3.8, 4) is 0 Å². The molecule has 0 aromatic rings. The summed E-state index contributed by atoms with van der Waals surface area (Å²) >= 11 is 0. The molecule has 10 nitrogen and oxygen atoms in total. The number of hydrogen-bond donors (Lipinski definition) is 7. The Morgan fingerprint density at radius 1 is 0.935 bits per heavy atom. The molecule has 7 N–H and O–H groups in total. The van der Waals surface area contributed by atoms with E-state index in [-0.39, 0.29) is 40.6 Å². The van der Waals surface area contributed by atoms with Gasteiger partial charge in [-0.1, -0.05) is 46.3 Å². The molecule has 0 aromatic carbocycles. The smallest absolute Gasteiger partial charge is 0.318 e. The Hall–Kier alpha value is -1.37. The molecule has 1 saturated heterocycles. The average molecular weight is 649 g/mol. The Labute approximate surface area is 272 Å². The third kappa shape index (κ3) is 4.40. The van der Waals surface area contributed by atoms with Gasteiger partial charge in [-0.05, 0) is 103 Å². The van der Waals surface area contributed by atoms with Crippen LogP contribution in [0.2, 0.25) is 0 Å². The van der Waals surface area contributed by atoms with Crippen molar-refractivity contribution in [3.05, 3.63) is 22.8 Å². The van der Waals surface area contributed by atoms with Gasteiger partial charge in [0.1, 0.15) is 24.4 Å². The first kappa shape index (κ1) is 34.5. The Bertz CT molecular complexity index is 1300. The second-order valence-electron chi connectivity index (χ2n) is 16.8. The van der Waals surface area contributed by atoms with E-state index in [4.69, 9.17) is 9.47 Å². The van der Waals surface area contributed by atoms with E-state index in [0.717, 1.165) is 43.3 Å². The van der Waals surface area contributed by atoms with Crippen LogP contribution in [0.15, 0.2) is 22.8 Å². The third-order valence-electron chi connectivity index (χ3n) is 15.0. The molecule has 15 atom stereocenters. The Morgan fingerprint density at radius 3 is 2.28 bits per heavy atom. The van der Waals surface area contributed by atoms with Crippen LogP contribution in [-0.2, 0) is 14.3 Å². The van der Waals surface area contributed by atoms with Crippen molar-refractivity contribution < 1.29 is 50.0 Å². The molecular weight excluding hydrogens is 592 g/mol. The number of ether oxygens (including phenoxy) is 2. The minimum Gasteiger partial charge on any atom is -0.432 e. The molecule has 6 rings (SSSR count). The molecule has 0 aromatic heterocycles. The average Bonchev–Trinajstić information content (AvgIpc) is 3.02. The van der Waals surface area contributed by atoms with Gasteiger partial charge < -0.3 is 45.2 Å². The topological polar surface area (TPSA) is 177 Å². The van der Waals surface area contributed by atoms with Crippen LogP contribution in [0.1, 0.15) is 92.9 Å². The molecule has 6 aliphatic rings. The number of aliphatic hydroxyl groups excluding tert-OH is 7. The van der Waals surface area contributed by atoms with Crippen LogP contribution in [0.25, 0.3) is 0 Å². The van der Waals surface area contributed by atoms with Crippen molar-refractivity contribution in [3.63, 3.8) is 0 Å². The van der Waals surface area contributed by atoms with E-state index in [1.165, 1.54) is 5.57 Å². The van der Waals surface area contributed by atoms with Crippen LogP contribution in [0.3, 0.4) is 0 Å². The number of esters is 1.